The van der Waals surface area contributed by atoms with Crippen molar-refractivity contribution in [3.8, 4) is 11.4 Å². The molecule has 1 aliphatic rings. The van der Waals surface area contributed by atoms with Gasteiger partial charge < -0.3 is 9.47 Å². The fourth-order valence-corrected chi connectivity index (χ4v) is 7.20. The molecule has 2 aromatic carbocycles. The predicted octanol–water partition coefficient (Wildman–Crippen LogP) is 6.80. The first-order valence-corrected chi connectivity index (χ1v) is 14.7. The SMILES string of the molecule is COc1ccc(-n2c(=O)c3c4c(sc3n3c(SCc5ccc(Cl)c(Cl)c5)nnc23)COC(C(C)C)C4)cc1. The molecule has 0 saturated heterocycles. The molecule has 196 valence electrons. The van der Waals surface area contributed by atoms with Crippen LogP contribution in [0.25, 0.3) is 21.7 Å². The zero-order valence-corrected chi connectivity index (χ0v) is 24.0. The molecule has 1 aliphatic heterocycles. The minimum atomic E-state index is -0.104. The van der Waals surface area contributed by atoms with Crippen molar-refractivity contribution < 1.29 is 9.47 Å². The highest BCUT2D eigenvalue weighted by Gasteiger charge is 2.30. The fraction of sp³-hybridized carbons (Fsp3) is 0.296. The average Bonchev–Trinajstić information content (AvgIpc) is 3.51. The van der Waals surface area contributed by atoms with Gasteiger partial charge in [0.2, 0.25) is 5.78 Å². The van der Waals surface area contributed by atoms with Gasteiger partial charge in [0.1, 0.15) is 10.6 Å². The predicted molar refractivity (Wildman–Crippen MR) is 154 cm³/mol. The van der Waals surface area contributed by atoms with Gasteiger partial charge in [-0.05, 0) is 53.4 Å². The van der Waals surface area contributed by atoms with Crippen molar-refractivity contribution in [2.75, 3.05) is 7.11 Å². The number of thioether (sulfide) groups is 1. The van der Waals surface area contributed by atoms with Gasteiger partial charge in [-0.2, -0.15) is 0 Å². The Bertz CT molecular complexity index is 1730. The Morgan fingerprint density at radius 2 is 1.95 bits per heavy atom. The molecule has 38 heavy (non-hydrogen) atoms. The van der Waals surface area contributed by atoms with Gasteiger partial charge in [-0.1, -0.05) is 54.9 Å². The summed E-state index contributed by atoms with van der Waals surface area (Å²) in [6.07, 6.45) is 0.763. The van der Waals surface area contributed by atoms with Gasteiger partial charge in [-0.15, -0.1) is 21.5 Å². The zero-order chi connectivity index (χ0) is 26.6. The highest BCUT2D eigenvalue weighted by Crippen LogP contribution is 2.38. The molecule has 0 fully saturated rings. The molecule has 6 rings (SSSR count). The largest absolute Gasteiger partial charge is 0.497 e. The van der Waals surface area contributed by atoms with E-state index in [0.717, 1.165) is 20.8 Å². The van der Waals surface area contributed by atoms with E-state index >= 15 is 0 Å². The van der Waals surface area contributed by atoms with Crippen LogP contribution in [0.15, 0.2) is 52.4 Å². The zero-order valence-electron chi connectivity index (χ0n) is 20.9. The third-order valence-corrected chi connectivity index (χ3v) is 9.70. The van der Waals surface area contributed by atoms with E-state index in [1.165, 1.54) is 11.8 Å². The second kappa shape index (κ2) is 10.2. The van der Waals surface area contributed by atoms with E-state index in [4.69, 9.17) is 32.7 Å². The molecular formula is C27H24Cl2N4O3S2. The maximum atomic E-state index is 14.1. The number of nitrogens with zero attached hydrogens (tertiary/aromatic N) is 4. The molecule has 3 aromatic heterocycles. The van der Waals surface area contributed by atoms with Crippen LogP contribution in [0.3, 0.4) is 0 Å². The molecule has 0 aliphatic carbocycles. The van der Waals surface area contributed by atoms with E-state index in [-0.39, 0.29) is 11.7 Å². The van der Waals surface area contributed by atoms with E-state index in [1.807, 2.05) is 40.8 Å². The smallest absolute Gasteiger partial charge is 0.268 e. The van der Waals surface area contributed by atoms with Gasteiger partial charge in [0.05, 0.1) is 40.9 Å². The average molecular weight is 588 g/mol. The van der Waals surface area contributed by atoms with E-state index in [1.54, 1.807) is 29.1 Å². The van der Waals surface area contributed by atoms with Crippen LogP contribution >= 0.6 is 46.3 Å². The van der Waals surface area contributed by atoms with Crippen molar-refractivity contribution in [1.29, 1.82) is 0 Å². The lowest BCUT2D eigenvalue weighted by Crippen LogP contribution is -2.28. The number of hydrogen-bond acceptors (Lipinski definition) is 7. The number of rotatable bonds is 6. The number of benzene rings is 2. The summed E-state index contributed by atoms with van der Waals surface area (Å²) in [5.41, 5.74) is 2.68. The number of hydrogen-bond donors (Lipinski definition) is 0. The minimum absolute atomic E-state index is 0.0641. The Hall–Kier alpha value is -2.56. The number of ether oxygens (including phenoxy) is 2. The first kappa shape index (κ1) is 25.7. The molecule has 1 atom stereocenters. The molecule has 0 N–H and O–H groups in total. The van der Waals surface area contributed by atoms with Crippen molar-refractivity contribution in [3.05, 3.63) is 78.9 Å². The lowest BCUT2D eigenvalue weighted by Gasteiger charge is -2.26. The standard InChI is InChI=1S/C27H24Cl2N4O3S2/c1-14(2)21-11-18-22(12-36-21)38-25-23(18)24(34)32(16-5-7-17(35-3)8-6-16)26-30-31-27(33(25)26)37-13-15-4-9-19(28)20(29)10-15/h4-10,14,21H,11-13H2,1-3H3. The Balaban J connectivity index is 1.55. The highest BCUT2D eigenvalue weighted by molar-refractivity contribution is 7.98. The van der Waals surface area contributed by atoms with Gasteiger partial charge >= 0.3 is 0 Å². The third-order valence-electron chi connectivity index (χ3n) is 6.77. The lowest BCUT2D eigenvalue weighted by atomic mass is 9.96. The van der Waals surface area contributed by atoms with E-state index in [2.05, 4.69) is 24.0 Å². The van der Waals surface area contributed by atoms with Crippen LogP contribution in [-0.2, 0) is 23.5 Å². The number of halogens is 2. The summed E-state index contributed by atoms with van der Waals surface area (Å²) in [6, 6.07) is 13.0. The summed E-state index contributed by atoms with van der Waals surface area (Å²) < 4.78 is 15.1. The van der Waals surface area contributed by atoms with Crippen molar-refractivity contribution in [2.45, 2.75) is 43.9 Å². The Morgan fingerprint density at radius 3 is 2.66 bits per heavy atom. The van der Waals surface area contributed by atoms with Gasteiger partial charge in [0, 0.05) is 17.1 Å². The van der Waals surface area contributed by atoms with Crippen LogP contribution in [0.4, 0.5) is 0 Å². The highest BCUT2D eigenvalue weighted by atomic mass is 35.5. The minimum Gasteiger partial charge on any atom is -0.497 e. The van der Waals surface area contributed by atoms with Crippen LogP contribution < -0.4 is 10.3 Å². The molecule has 4 heterocycles. The lowest BCUT2D eigenvalue weighted by molar-refractivity contribution is 0.00200. The monoisotopic (exact) mass is 586 g/mol. The molecule has 1 unspecified atom stereocenters. The third kappa shape index (κ3) is 4.40. The van der Waals surface area contributed by atoms with Gasteiger partial charge in [-0.25, -0.2) is 8.97 Å². The number of methoxy groups -OCH3 is 1. The number of thiophene rings is 1. The van der Waals surface area contributed by atoms with Crippen molar-refractivity contribution >= 4 is 62.3 Å². The van der Waals surface area contributed by atoms with Crippen LogP contribution in [0.1, 0.15) is 29.9 Å². The van der Waals surface area contributed by atoms with Gasteiger partial charge in [-0.3, -0.25) is 4.79 Å². The summed E-state index contributed by atoms with van der Waals surface area (Å²) in [5, 5.41) is 11.4. The molecule has 11 heteroatoms. The summed E-state index contributed by atoms with van der Waals surface area (Å²) in [7, 11) is 1.62. The van der Waals surface area contributed by atoms with Crippen LogP contribution in [0, 0.1) is 5.92 Å². The number of aromatic nitrogens is 4. The van der Waals surface area contributed by atoms with Gasteiger partial charge in [0.25, 0.3) is 5.56 Å². The van der Waals surface area contributed by atoms with E-state index in [0.29, 0.717) is 62.5 Å². The fourth-order valence-electron chi connectivity index (χ4n) is 4.70. The maximum absolute atomic E-state index is 14.1. The maximum Gasteiger partial charge on any atom is 0.268 e. The van der Waals surface area contributed by atoms with Crippen LogP contribution in [0.5, 0.6) is 5.75 Å². The van der Waals surface area contributed by atoms with Crippen LogP contribution in [-0.4, -0.2) is 32.4 Å². The van der Waals surface area contributed by atoms with Crippen molar-refractivity contribution in [3.63, 3.8) is 0 Å². The summed E-state index contributed by atoms with van der Waals surface area (Å²) in [4.78, 5) is 16.1. The molecule has 0 bridgehead atoms. The molecular weight excluding hydrogens is 563 g/mol. The molecule has 0 amide bonds. The van der Waals surface area contributed by atoms with Gasteiger partial charge in [0.15, 0.2) is 5.16 Å². The van der Waals surface area contributed by atoms with Crippen molar-refractivity contribution in [2.24, 2.45) is 5.92 Å². The Kier molecular flexibility index (Phi) is 6.90. The topological polar surface area (TPSA) is 70.7 Å². The first-order valence-electron chi connectivity index (χ1n) is 12.1. The molecule has 0 radical (unpaired) electrons. The summed E-state index contributed by atoms with van der Waals surface area (Å²) in [6.45, 7) is 4.79. The van der Waals surface area contributed by atoms with Crippen molar-refractivity contribution in [1.82, 2.24) is 19.2 Å². The Labute approximate surface area is 237 Å². The summed E-state index contributed by atoms with van der Waals surface area (Å²) >= 11 is 15.5. The molecule has 5 aromatic rings. The second-order valence-corrected chi connectivity index (χ2v) is 12.3. The molecule has 7 nitrogen and oxygen atoms in total. The Morgan fingerprint density at radius 1 is 1.16 bits per heavy atom. The number of fused-ring (bicyclic) bond motifs is 5. The first-order chi connectivity index (χ1) is 18.4. The summed E-state index contributed by atoms with van der Waals surface area (Å²) in [5.74, 6) is 2.13. The van der Waals surface area contributed by atoms with E-state index in [9.17, 15) is 4.79 Å². The second-order valence-electron chi connectivity index (χ2n) is 9.48. The quantitative estimate of drug-likeness (QED) is 0.204. The van der Waals surface area contributed by atoms with Crippen LogP contribution in [0.2, 0.25) is 10.0 Å². The normalized spacial score (nSPS) is 15.5. The molecule has 0 spiro atoms. The molecule has 0 saturated carbocycles. The van der Waals surface area contributed by atoms with E-state index < -0.39 is 0 Å².